The molecule has 1 N–H and O–H groups in total. The normalized spacial score (nSPS) is 11.2. The van der Waals surface area contributed by atoms with E-state index in [9.17, 15) is 9.90 Å². The molecule has 7 nitrogen and oxygen atoms in total. The molecule has 0 unspecified atom stereocenters. The van der Waals surface area contributed by atoms with Crippen LogP contribution in [0.5, 0.6) is 17.4 Å². The van der Waals surface area contributed by atoms with Gasteiger partial charge in [-0.25, -0.2) is 4.79 Å². The Kier molecular flexibility index (Phi) is 7.59. The topological polar surface area (TPSA) is 82.3 Å². The molecule has 0 spiro atoms. The molecule has 9 heteroatoms. The number of hydrogen-bond acceptors (Lipinski definition) is 8. The number of aliphatic imine (C=N–C) groups is 1. The second-order valence-electron chi connectivity index (χ2n) is 6.36. The molecule has 2 rings (SSSR count). The van der Waals surface area contributed by atoms with Crippen LogP contribution in [0.1, 0.15) is 35.5 Å². The van der Waals surface area contributed by atoms with Crippen LogP contribution in [0.2, 0.25) is 0 Å². The zero-order chi connectivity index (χ0) is 20.8. The van der Waals surface area contributed by atoms with Gasteiger partial charge >= 0.3 is 5.97 Å². The number of carbonyl (C=O) groups excluding carboxylic acids is 1. The number of benzene rings is 1. The lowest BCUT2D eigenvalue weighted by Gasteiger charge is -2.11. The largest absolute Gasteiger partial charge is 0.493 e. The van der Waals surface area contributed by atoms with E-state index in [0.717, 1.165) is 6.42 Å². The van der Waals surface area contributed by atoms with Gasteiger partial charge in [0.15, 0.2) is 15.5 Å². The lowest BCUT2D eigenvalue weighted by Crippen LogP contribution is -2.03. The van der Waals surface area contributed by atoms with E-state index in [1.54, 1.807) is 10.6 Å². The van der Waals surface area contributed by atoms with E-state index in [1.165, 1.54) is 44.9 Å². The minimum Gasteiger partial charge on any atom is -0.493 e. The highest BCUT2D eigenvalue weighted by Gasteiger charge is 2.18. The molecule has 0 saturated carbocycles. The second-order valence-corrected chi connectivity index (χ2v) is 8.04. The number of aromatic hydroxyl groups is 1. The second kappa shape index (κ2) is 9.70. The van der Waals surface area contributed by atoms with Crippen molar-refractivity contribution in [2.75, 3.05) is 21.3 Å². The van der Waals surface area contributed by atoms with E-state index < -0.39 is 5.97 Å². The van der Waals surface area contributed by atoms with Crippen LogP contribution in [0.15, 0.2) is 17.1 Å². The van der Waals surface area contributed by atoms with Crippen molar-refractivity contribution in [3.63, 3.8) is 0 Å². The number of ether oxygens (including phenoxy) is 3. The minimum absolute atomic E-state index is 0.0690. The van der Waals surface area contributed by atoms with Gasteiger partial charge < -0.3 is 19.3 Å². The van der Waals surface area contributed by atoms with Crippen LogP contribution >= 0.6 is 23.6 Å². The summed E-state index contributed by atoms with van der Waals surface area (Å²) >= 11 is 6.61. The fraction of sp³-hybridized carbons (Fsp3) is 0.421. The van der Waals surface area contributed by atoms with Gasteiger partial charge in [0.1, 0.15) is 4.88 Å². The van der Waals surface area contributed by atoms with Gasteiger partial charge in [-0.05, 0) is 24.6 Å². The summed E-state index contributed by atoms with van der Waals surface area (Å²) in [4.78, 5) is 17.0. The summed E-state index contributed by atoms with van der Waals surface area (Å²) in [7, 11) is 4.26. The Morgan fingerprint density at radius 1 is 1.29 bits per heavy atom. The van der Waals surface area contributed by atoms with E-state index in [-0.39, 0.29) is 11.4 Å². The smallest absolute Gasteiger partial charge is 0.340 e. The molecule has 0 amide bonds. The number of esters is 1. The predicted octanol–water partition coefficient (Wildman–Crippen LogP) is 4.59. The molecule has 0 saturated heterocycles. The maximum atomic E-state index is 12.1. The number of methoxy groups -OCH3 is 3. The van der Waals surface area contributed by atoms with Crippen molar-refractivity contribution in [1.82, 2.24) is 4.57 Å². The molecular formula is C19H24N2O5S2. The quantitative estimate of drug-likeness (QED) is 0.379. The van der Waals surface area contributed by atoms with Gasteiger partial charge in [0, 0.05) is 18.7 Å². The van der Waals surface area contributed by atoms with Gasteiger partial charge in [-0.3, -0.25) is 9.56 Å². The summed E-state index contributed by atoms with van der Waals surface area (Å²) in [5, 5.41) is 10.5. The maximum Gasteiger partial charge on any atom is 0.340 e. The first-order valence-corrected chi connectivity index (χ1v) is 9.85. The van der Waals surface area contributed by atoms with Crippen LogP contribution in [-0.2, 0) is 11.3 Å². The summed E-state index contributed by atoms with van der Waals surface area (Å²) in [5.41, 5.74) is 0.552. The van der Waals surface area contributed by atoms with Crippen LogP contribution in [0.4, 0.5) is 5.69 Å². The van der Waals surface area contributed by atoms with Crippen molar-refractivity contribution in [3.05, 3.63) is 26.5 Å². The average Bonchev–Trinajstić information content (AvgIpc) is 2.96. The third-order valence-corrected chi connectivity index (χ3v) is 5.43. The fourth-order valence-electron chi connectivity index (χ4n) is 2.46. The third kappa shape index (κ3) is 4.90. The predicted molar refractivity (Wildman–Crippen MR) is 112 cm³/mol. The van der Waals surface area contributed by atoms with Crippen molar-refractivity contribution >= 4 is 41.4 Å². The molecule has 0 bridgehead atoms. The number of hydrogen-bond donors (Lipinski definition) is 1. The molecule has 1 aromatic carbocycles. The Labute approximate surface area is 173 Å². The maximum absolute atomic E-state index is 12.1. The number of nitrogens with zero attached hydrogens (tertiary/aromatic N) is 2. The molecule has 28 heavy (non-hydrogen) atoms. The Morgan fingerprint density at radius 2 is 1.93 bits per heavy atom. The third-order valence-electron chi connectivity index (χ3n) is 4.05. The molecule has 152 valence electrons. The first kappa shape index (κ1) is 21.9. The van der Waals surface area contributed by atoms with Crippen LogP contribution in [0.3, 0.4) is 0 Å². The molecule has 0 atom stereocenters. The fourth-order valence-corrected chi connectivity index (χ4v) is 3.69. The molecule has 0 aliphatic heterocycles. The van der Waals surface area contributed by atoms with E-state index in [2.05, 4.69) is 18.8 Å². The highest BCUT2D eigenvalue weighted by atomic mass is 32.1. The zero-order valence-corrected chi connectivity index (χ0v) is 18.1. The van der Waals surface area contributed by atoms with Crippen molar-refractivity contribution in [2.24, 2.45) is 10.9 Å². The molecule has 1 aromatic heterocycles. The Hall–Kier alpha value is -2.39. The van der Waals surface area contributed by atoms with E-state index >= 15 is 0 Å². The molecule has 1 heterocycles. The zero-order valence-electron chi connectivity index (χ0n) is 16.5. The van der Waals surface area contributed by atoms with Crippen LogP contribution in [0.25, 0.3) is 0 Å². The van der Waals surface area contributed by atoms with E-state index in [1.807, 2.05) is 0 Å². The van der Waals surface area contributed by atoms with Crippen LogP contribution < -0.4 is 9.47 Å². The van der Waals surface area contributed by atoms with Gasteiger partial charge in [0.25, 0.3) is 0 Å². The molecular weight excluding hydrogens is 400 g/mol. The van der Waals surface area contributed by atoms with Crippen molar-refractivity contribution in [1.29, 1.82) is 0 Å². The molecule has 0 aliphatic carbocycles. The van der Waals surface area contributed by atoms with Gasteiger partial charge in [-0.1, -0.05) is 25.2 Å². The molecule has 2 aromatic rings. The summed E-state index contributed by atoms with van der Waals surface area (Å²) < 4.78 is 17.6. The van der Waals surface area contributed by atoms with Crippen molar-refractivity contribution in [2.45, 2.75) is 26.8 Å². The van der Waals surface area contributed by atoms with Gasteiger partial charge in [-0.15, -0.1) is 0 Å². The van der Waals surface area contributed by atoms with Crippen molar-refractivity contribution < 1.29 is 24.1 Å². The van der Waals surface area contributed by atoms with Crippen LogP contribution in [-0.4, -0.2) is 43.2 Å². The highest BCUT2D eigenvalue weighted by molar-refractivity contribution is 7.73. The summed E-state index contributed by atoms with van der Waals surface area (Å²) in [6.07, 6.45) is 2.38. The number of rotatable bonds is 8. The SMILES string of the molecule is COC(=O)c1cc(OC)c(OC)cc1N=Cc1sc(=S)n(CCC(C)C)c1O. The average molecular weight is 425 g/mol. The summed E-state index contributed by atoms with van der Waals surface area (Å²) in [6.45, 7) is 4.86. The number of thiazole rings is 1. The van der Waals surface area contributed by atoms with Crippen LogP contribution in [0, 0.1) is 9.87 Å². The monoisotopic (exact) mass is 424 g/mol. The molecule has 0 radical (unpaired) electrons. The van der Waals surface area contributed by atoms with E-state index in [4.69, 9.17) is 26.4 Å². The Morgan fingerprint density at radius 3 is 2.50 bits per heavy atom. The number of carbonyl (C=O) groups is 1. The number of aromatic nitrogens is 1. The first-order chi connectivity index (χ1) is 13.3. The molecule has 0 aliphatic rings. The van der Waals surface area contributed by atoms with Crippen molar-refractivity contribution in [3.8, 4) is 17.4 Å². The summed E-state index contributed by atoms with van der Waals surface area (Å²) in [5.74, 6) is 0.820. The Bertz CT molecular complexity index is 931. The lowest BCUT2D eigenvalue weighted by molar-refractivity contribution is 0.0601. The van der Waals surface area contributed by atoms with Gasteiger partial charge in [0.05, 0.1) is 38.8 Å². The van der Waals surface area contributed by atoms with Gasteiger partial charge in [-0.2, -0.15) is 0 Å². The highest BCUT2D eigenvalue weighted by Crippen LogP contribution is 2.35. The minimum atomic E-state index is -0.556. The summed E-state index contributed by atoms with van der Waals surface area (Å²) in [6, 6.07) is 3.08. The first-order valence-electron chi connectivity index (χ1n) is 8.63. The lowest BCUT2D eigenvalue weighted by atomic mass is 10.1. The molecule has 0 fully saturated rings. The standard InChI is InChI=1S/C19H24N2O5S2/c1-11(2)6-7-21-17(22)16(28-19(21)27)10-20-13-9-15(25-4)14(24-3)8-12(13)18(23)26-5/h8-11,22H,6-7H2,1-5H3. The van der Waals surface area contributed by atoms with Gasteiger partial charge in [0.2, 0.25) is 5.88 Å². The van der Waals surface area contributed by atoms with E-state index in [0.29, 0.717) is 38.5 Å². The Balaban J connectivity index is 2.44.